The molecule has 0 heterocycles. The molecule has 13 heavy (non-hydrogen) atoms. The Morgan fingerprint density at radius 3 is 1.15 bits per heavy atom. The molecule has 0 atom stereocenters. The molecule has 0 radical (unpaired) electrons. The minimum Gasteiger partial charge on any atom is -0.0683 e. The van der Waals surface area contributed by atoms with Gasteiger partial charge in [0.15, 0.2) is 0 Å². The van der Waals surface area contributed by atoms with Crippen LogP contribution in [0.5, 0.6) is 0 Å². The lowest BCUT2D eigenvalue weighted by Gasteiger charge is -2.40. The van der Waals surface area contributed by atoms with Gasteiger partial charge < -0.3 is 0 Å². The Balaban J connectivity index is 0.000000396. The first-order valence-corrected chi connectivity index (χ1v) is 6.41. The van der Waals surface area contributed by atoms with Gasteiger partial charge in [-0.3, -0.25) is 0 Å². The fraction of sp³-hybridized carbons (Fsp3) is 1.00. The number of hydrogen-bond donors (Lipinski definition) is 0. The molecule has 2 fully saturated rings. The fourth-order valence-electron chi connectivity index (χ4n) is 3.10. The quantitative estimate of drug-likeness (QED) is 0.498. The van der Waals surface area contributed by atoms with E-state index < -0.39 is 0 Å². The third kappa shape index (κ3) is 3.00. The minimum atomic E-state index is 0.858. The summed E-state index contributed by atoms with van der Waals surface area (Å²) in [5.41, 5.74) is 0.858. The van der Waals surface area contributed by atoms with Crippen LogP contribution in [0.3, 0.4) is 0 Å². The predicted octanol–water partition coefficient (Wildman–Crippen LogP) is 4.93. The molecule has 0 heteroatoms. The predicted molar refractivity (Wildman–Crippen MR) is 60.0 cm³/mol. The van der Waals surface area contributed by atoms with Crippen LogP contribution in [0.1, 0.15) is 78.1 Å². The van der Waals surface area contributed by atoms with Crippen molar-refractivity contribution in [3.05, 3.63) is 0 Å². The molecular formula is C13H26. The zero-order valence-electron chi connectivity index (χ0n) is 9.57. The molecule has 0 aromatic heterocycles. The molecular weight excluding hydrogens is 156 g/mol. The molecule has 2 saturated carbocycles. The lowest BCUT2D eigenvalue weighted by atomic mass is 9.65. The molecule has 0 aromatic carbocycles. The Morgan fingerprint density at radius 2 is 0.846 bits per heavy atom. The Labute approximate surface area is 84.1 Å². The van der Waals surface area contributed by atoms with Crippen LogP contribution in [-0.4, -0.2) is 0 Å². The first-order chi connectivity index (χ1) is 6.41. The highest BCUT2D eigenvalue weighted by atomic mass is 14.4. The van der Waals surface area contributed by atoms with Gasteiger partial charge in [-0.1, -0.05) is 52.4 Å². The average Bonchev–Trinajstić information content (AvgIpc) is 2.23. The second kappa shape index (κ2) is 5.67. The van der Waals surface area contributed by atoms with Crippen molar-refractivity contribution in [1.82, 2.24) is 0 Å². The van der Waals surface area contributed by atoms with Crippen molar-refractivity contribution in [1.29, 1.82) is 0 Å². The lowest BCUT2D eigenvalue weighted by molar-refractivity contribution is 0.124. The summed E-state index contributed by atoms with van der Waals surface area (Å²) >= 11 is 0. The van der Waals surface area contributed by atoms with Crippen LogP contribution in [-0.2, 0) is 0 Å². The summed E-state index contributed by atoms with van der Waals surface area (Å²) in [6.45, 7) is 4.00. The normalized spacial score (nSPS) is 26.3. The van der Waals surface area contributed by atoms with E-state index in [1.54, 1.807) is 25.7 Å². The van der Waals surface area contributed by atoms with Gasteiger partial charge in [0, 0.05) is 0 Å². The summed E-state index contributed by atoms with van der Waals surface area (Å²) in [7, 11) is 0. The first-order valence-electron chi connectivity index (χ1n) is 6.41. The molecule has 0 N–H and O–H groups in total. The second-order valence-corrected chi connectivity index (χ2v) is 4.62. The highest BCUT2D eigenvalue weighted by Gasteiger charge is 2.32. The molecule has 0 nitrogen and oxygen atoms in total. The molecule has 0 aromatic rings. The SMILES string of the molecule is C1CCC2(CC1)CCCCC2.CC. The van der Waals surface area contributed by atoms with Crippen LogP contribution in [0.25, 0.3) is 0 Å². The molecule has 0 unspecified atom stereocenters. The molecule has 0 amide bonds. The Hall–Kier alpha value is 0. The molecule has 2 aliphatic carbocycles. The van der Waals surface area contributed by atoms with Gasteiger partial charge in [-0.2, -0.15) is 0 Å². The third-order valence-corrected chi connectivity index (χ3v) is 3.83. The largest absolute Gasteiger partial charge is 0.0683 e. The van der Waals surface area contributed by atoms with Crippen LogP contribution < -0.4 is 0 Å². The van der Waals surface area contributed by atoms with E-state index >= 15 is 0 Å². The molecule has 0 aliphatic heterocycles. The van der Waals surface area contributed by atoms with Crippen LogP contribution in [0.15, 0.2) is 0 Å². The van der Waals surface area contributed by atoms with E-state index in [-0.39, 0.29) is 0 Å². The zero-order chi connectivity index (χ0) is 9.57. The van der Waals surface area contributed by atoms with Crippen LogP contribution in [0, 0.1) is 5.41 Å². The zero-order valence-corrected chi connectivity index (χ0v) is 9.57. The maximum absolute atomic E-state index is 2.00. The van der Waals surface area contributed by atoms with Crippen molar-refractivity contribution in [2.45, 2.75) is 78.1 Å². The van der Waals surface area contributed by atoms with E-state index in [1.807, 2.05) is 13.8 Å². The maximum Gasteiger partial charge on any atom is -0.0297 e. The Bertz CT molecular complexity index is 94.5. The standard InChI is InChI=1S/C11H20.C2H6/c1-3-7-11(8-4-1)9-5-2-6-10-11;1-2/h1-10H2;1-2H3. The third-order valence-electron chi connectivity index (χ3n) is 3.83. The van der Waals surface area contributed by atoms with E-state index in [0.717, 1.165) is 5.41 Å². The first kappa shape index (κ1) is 11.1. The maximum atomic E-state index is 2.00. The van der Waals surface area contributed by atoms with E-state index in [0.29, 0.717) is 0 Å². The summed E-state index contributed by atoms with van der Waals surface area (Å²) < 4.78 is 0. The Morgan fingerprint density at radius 1 is 0.538 bits per heavy atom. The monoisotopic (exact) mass is 182 g/mol. The highest BCUT2D eigenvalue weighted by molar-refractivity contribution is 4.85. The Kier molecular flexibility index (Phi) is 4.83. The fourth-order valence-corrected chi connectivity index (χ4v) is 3.10. The van der Waals surface area contributed by atoms with Crippen LogP contribution in [0.2, 0.25) is 0 Å². The van der Waals surface area contributed by atoms with Crippen molar-refractivity contribution in [3.63, 3.8) is 0 Å². The molecule has 0 saturated heterocycles. The summed E-state index contributed by atoms with van der Waals surface area (Å²) in [6.07, 6.45) is 15.4. The van der Waals surface area contributed by atoms with Crippen molar-refractivity contribution in [2.75, 3.05) is 0 Å². The molecule has 0 bridgehead atoms. The lowest BCUT2D eigenvalue weighted by Crippen LogP contribution is -2.26. The summed E-state index contributed by atoms with van der Waals surface area (Å²) in [4.78, 5) is 0. The van der Waals surface area contributed by atoms with Gasteiger partial charge in [-0.15, -0.1) is 0 Å². The van der Waals surface area contributed by atoms with Crippen molar-refractivity contribution < 1.29 is 0 Å². The summed E-state index contributed by atoms with van der Waals surface area (Å²) in [5, 5.41) is 0. The minimum absolute atomic E-state index is 0.858. The van der Waals surface area contributed by atoms with Gasteiger partial charge in [0.2, 0.25) is 0 Å². The smallest absolute Gasteiger partial charge is 0.0297 e. The molecule has 78 valence electrons. The number of rotatable bonds is 0. The van der Waals surface area contributed by atoms with E-state index in [4.69, 9.17) is 0 Å². The van der Waals surface area contributed by atoms with Gasteiger partial charge in [0.25, 0.3) is 0 Å². The van der Waals surface area contributed by atoms with Crippen molar-refractivity contribution in [3.8, 4) is 0 Å². The van der Waals surface area contributed by atoms with Crippen LogP contribution in [0.4, 0.5) is 0 Å². The van der Waals surface area contributed by atoms with Gasteiger partial charge in [-0.05, 0) is 31.1 Å². The van der Waals surface area contributed by atoms with Crippen molar-refractivity contribution in [2.24, 2.45) is 5.41 Å². The van der Waals surface area contributed by atoms with E-state index in [1.165, 1.54) is 38.5 Å². The van der Waals surface area contributed by atoms with Crippen molar-refractivity contribution >= 4 is 0 Å². The van der Waals surface area contributed by atoms with E-state index in [2.05, 4.69) is 0 Å². The van der Waals surface area contributed by atoms with Gasteiger partial charge in [0.05, 0.1) is 0 Å². The van der Waals surface area contributed by atoms with Crippen LogP contribution >= 0.6 is 0 Å². The average molecular weight is 182 g/mol. The van der Waals surface area contributed by atoms with Gasteiger partial charge in [0.1, 0.15) is 0 Å². The molecule has 1 spiro atoms. The van der Waals surface area contributed by atoms with E-state index in [9.17, 15) is 0 Å². The second-order valence-electron chi connectivity index (χ2n) is 4.62. The molecule has 2 aliphatic rings. The van der Waals surface area contributed by atoms with Gasteiger partial charge in [-0.25, -0.2) is 0 Å². The molecule has 2 rings (SSSR count). The number of hydrogen-bond acceptors (Lipinski definition) is 0. The summed E-state index contributed by atoms with van der Waals surface area (Å²) in [6, 6.07) is 0. The topological polar surface area (TPSA) is 0 Å². The van der Waals surface area contributed by atoms with Gasteiger partial charge >= 0.3 is 0 Å². The highest BCUT2D eigenvalue weighted by Crippen LogP contribution is 2.47. The summed E-state index contributed by atoms with van der Waals surface area (Å²) in [5.74, 6) is 0.